The van der Waals surface area contributed by atoms with Gasteiger partial charge in [-0.05, 0) is 56.4 Å². The van der Waals surface area contributed by atoms with E-state index >= 15 is 0 Å². The second-order valence-corrected chi connectivity index (χ2v) is 13.1. The predicted molar refractivity (Wildman–Crippen MR) is 121 cm³/mol. The lowest BCUT2D eigenvalue weighted by molar-refractivity contribution is -0.0812. The highest BCUT2D eigenvalue weighted by molar-refractivity contribution is 7.91. The van der Waals surface area contributed by atoms with Crippen LogP contribution in [0.5, 0.6) is 0 Å². The number of pyridine rings is 1. The molecular weight excluding hydrogens is 470 g/mol. The summed E-state index contributed by atoms with van der Waals surface area (Å²) in [5.41, 5.74) is 0.786. The summed E-state index contributed by atoms with van der Waals surface area (Å²) in [6.45, 7) is 0. The molecule has 0 radical (unpaired) electrons. The fraction of sp³-hybridized carbons (Fsp3) is 0.409. The van der Waals surface area contributed by atoms with Crippen molar-refractivity contribution in [3.05, 3.63) is 58.3 Å². The van der Waals surface area contributed by atoms with Crippen LogP contribution in [0.4, 0.5) is 0 Å². The molecule has 4 saturated carbocycles. The number of furan rings is 1. The number of nitrogens with one attached hydrogen (secondary N) is 1. The number of nitrogens with zero attached hydrogens (tertiary/aromatic N) is 2. The van der Waals surface area contributed by atoms with Gasteiger partial charge in [0.15, 0.2) is 15.6 Å². The summed E-state index contributed by atoms with van der Waals surface area (Å²) in [5, 5.41) is 4.66. The molecule has 0 spiro atoms. The van der Waals surface area contributed by atoms with Gasteiger partial charge in [-0.2, -0.15) is 0 Å². The fourth-order valence-electron chi connectivity index (χ4n) is 5.24. The molecule has 1 N–H and O–H groups in total. The molecule has 0 aromatic carbocycles. The number of hydrogen-bond acceptors (Lipinski definition) is 7. The molecule has 10 heteroatoms. The molecule has 4 aliphatic rings. The van der Waals surface area contributed by atoms with Crippen LogP contribution in [-0.4, -0.2) is 36.1 Å². The molecule has 7 rings (SSSR count). The highest BCUT2D eigenvalue weighted by atomic mass is 35.5. The van der Waals surface area contributed by atoms with Gasteiger partial charge in [-0.1, -0.05) is 11.6 Å². The first-order valence-electron chi connectivity index (χ1n) is 10.3. The summed E-state index contributed by atoms with van der Waals surface area (Å²) >= 11 is 7.53. The number of amides is 1. The Morgan fingerprint density at radius 1 is 1.12 bits per heavy atom. The zero-order chi connectivity index (χ0) is 22.4. The van der Waals surface area contributed by atoms with Gasteiger partial charge >= 0.3 is 0 Å². The standard InChI is InChI=1S/C22H20ClN3O4S2/c1-32(28,29)22(6-7-22)16-4-3-14(30-16)18(27)26-21-10-20(11-21,12-21)19-25-9-15(31-19)13-2-5-17(23)24-8-13/h2-5,8-9H,6-7,10-12H2,1H3,(H,26,27). The van der Waals surface area contributed by atoms with Gasteiger partial charge in [0.2, 0.25) is 0 Å². The minimum atomic E-state index is -3.28. The van der Waals surface area contributed by atoms with Gasteiger partial charge in [-0.15, -0.1) is 11.3 Å². The van der Waals surface area contributed by atoms with E-state index in [1.165, 1.54) is 6.26 Å². The molecule has 3 aromatic heterocycles. The number of halogens is 1. The molecule has 0 atom stereocenters. The first-order chi connectivity index (χ1) is 15.1. The Labute approximate surface area is 194 Å². The third kappa shape index (κ3) is 2.90. The van der Waals surface area contributed by atoms with E-state index in [1.807, 2.05) is 12.3 Å². The predicted octanol–water partition coefficient (Wildman–Crippen LogP) is 4.09. The quantitative estimate of drug-likeness (QED) is 0.523. The van der Waals surface area contributed by atoms with E-state index in [1.54, 1.807) is 35.7 Å². The van der Waals surface area contributed by atoms with E-state index in [9.17, 15) is 13.2 Å². The molecule has 4 fully saturated rings. The minimum Gasteiger partial charge on any atom is -0.454 e. The number of thiazole rings is 1. The molecule has 166 valence electrons. The average molecular weight is 490 g/mol. The van der Waals surface area contributed by atoms with E-state index in [4.69, 9.17) is 16.0 Å². The molecule has 0 saturated heterocycles. The molecule has 3 aromatic rings. The topological polar surface area (TPSA) is 102 Å². The summed E-state index contributed by atoms with van der Waals surface area (Å²) in [6.07, 6.45) is 8.45. The average Bonchev–Trinajstić information content (AvgIpc) is 3.14. The third-order valence-corrected chi connectivity index (χ3v) is 10.6. The van der Waals surface area contributed by atoms with Crippen LogP contribution in [0.3, 0.4) is 0 Å². The number of carbonyl (C=O) groups excluding carboxylic acids is 1. The van der Waals surface area contributed by atoms with Gasteiger partial charge < -0.3 is 9.73 Å². The highest BCUT2D eigenvalue weighted by Gasteiger charge is 2.70. The van der Waals surface area contributed by atoms with Crippen molar-refractivity contribution in [2.24, 2.45) is 0 Å². The van der Waals surface area contributed by atoms with Gasteiger partial charge in [0.25, 0.3) is 5.91 Å². The lowest BCUT2D eigenvalue weighted by Gasteiger charge is -2.69. The molecule has 32 heavy (non-hydrogen) atoms. The van der Waals surface area contributed by atoms with E-state index in [0.717, 1.165) is 34.7 Å². The van der Waals surface area contributed by atoms with Crippen molar-refractivity contribution >= 4 is 38.7 Å². The zero-order valence-corrected chi connectivity index (χ0v) is 19.6. The second kappa shape index (κ2) is 6.42. The molecule has 4 aliphatic carbocycles. The molecule has 0 unspecified atom stereocenters. The summed E-state index contributed by atoms with van der Waals surface area (Å²) in [4.78, 5) is 22.6. The number of rotatable bonds is 6. The maximum absolute atomic E-state index is 12.8. The van der Waals surface area contributed by atoms with E-state index in [-0.39, 0.29) is 22.6 Å². The van der Waals surface area contributed by atoms with E-state index in [2.05, 4.69) is 15.3 Å². The molecule has 7 nitrogen and oxygen atoms in total. The van der Waals surface area contributed by atoms with Crippen LogP contribution in [0.2, 0.25) is 5.15 Å². The largest absolute Gasteiger partial charge is 0.454 e. The summed E-state index contributed by atoms with van der Waals surface area (Å²) < 4.78 is 28.9. The molecule has 2 bridgehead atoms. The van der Waals surface area contributed by atoms with Crippen LogP contribution < -0.4 is 5.32 Å². The first kappa shape index (κ1) is 20.4. The Morgan fingerprint density at radius 2 is 1.88 bits per heavy atom. The molecule has 1 amide bonds. The van der Waals surface area contributed by atoms with Gasteiger partial charge in [0, 0.05) is 35.2 Å². The Hall–Kier alpha value is -2.23. The number of carbonyl (C=O) groups is 1. The molecular formula is C22H20ClN3O4S2. The Balaban J connectivity index is 1.12. The number of aromatic nitrogens is 2. The number of sulfone groups is 1. The highest BCUT2D eigenvalue weighted by Crippen LogP contribution is 2.68. The maximum atomic E-state index is 12.8. The van der Waals surface area contributed by atoms with Crippen LogP contribution in [0.25, 0.3) is 10.4 Å². The first-order valence-corrected chi connectivity index (χ1v) is 13.4. The van der Waals surface area contributed by atoms with Crippen molar-refractivity contribution < 1.29 is 17.6 Å². The second-order valence-electron chi connectivity index (χ2n) is 9.37. The fourth-order valence-corrected chi connectivity index (χ4v) is 7.76. The third-order valence-electron chi connectivity index (χ3n) is 7.07. The van der Waals surface area contributed by atoms with Crippen LogP contribution in [0.1, 0.15) is 53.4 Å². The van der Waals surface area contributed by atoms with Crippen LogP contribution >= 0.6 is 22.9 Å². The van der Waals surface area contributed by atoms with Gasteiger partial charge in [-0.25, -0.2) is 18.4 Å². The summed E-state index contributed by atoms with van der Waals surface area (Å²) in [5.74, 6) is 0.243. The van der Waals surface area contributed by atoms with Crippen molar-refractivity contribution in [3.8, 4) is 10.4 Å². The molecule has 3 heterocycles. The normalized spacial score (nSPS) is 27.3. The van der Waals surface area contributed by atoms with E-state index in [0.29, 0.717) is 23.8 Å². The van der Waals surface area contributed by atoms with Crippen LogP contribution in [0.15, 0.2) is 41.1 Å². The number of hydrogen-bond donors (Lipinski definition) is 1. The Morgan fingerprint density at radius 3 is 2.50 bits per heavy atom. The van der Waals surface area contributed by atoms with Crippen molar-refractivity contribution in [1.29, 1.82) is 0 Å². The smallest absolute Gasteiger partial charge is 0.287 e. The Bertz CT molecular complexity index is 1340. The van der Waals surface area contributed by atoms with Crippen LogP contribution in [0, 0.1) is 0 Å². The van der Waals surface area contributed by atoms with Gasteiger partial charge in [-0.3, -0.25) is 4.79 Å². The maximum Gasteiger partial charge on any atom is 0.287 e. The summed E-state index contributed by atoms with van der Waals surface area (Å²) in [7, 11) is -3.28. The SMILES string of the molecule is CS(=O)(=O)C1(c2ccc(C(=O)NC34CC(c5ncc(-c6ccc(Cl)nc6)s5)(C3)C4)o2)CC1. The van der Waals surface area contributed by atoms with Crippen molar-refractivity contribution in [2.45, 2.75) is 47.8 Å². The van der Waals surface area contributed by atoms with Crippen molar-refractivity contribution in [1.82, 2.24) is 15.3 Å². The van der Waals surface area contributed by atoms with Crippen molar-refractivity contribution in [3.63, 3.8) is 0 Å². The monoisotopic (exact) mass is 489 g/mol. The lowest BCUT2D eigenvalue weighted by Crippen LogP contribution is -2.76. The zero-order valence-electron chi connectivity index (χ0n) is 17.2. The Kier molecular flexibility index (Phi) is 4.09. The van der Waals surface area contributed by atoms with Crippen LogP contribution in [-0.2, 0) is 20.0 Å². The van der Waals surface area contributed by atoms with Crippen molar-refractivity contribution in [2.75, 3.05) is 6.26 Å². The lowest BCUT2D eigenvalue weighted by atomic mass is 9.39. The minimum absolute atomic E-state index is 0.0265. The van der Waals surface area contributed by atoms with Gasteiger partial charge in [0.1, 0.15) is 15.7 Å². The summed E-state index contributed by atoms with van der Waals surface area (Å²) in [6, 6.07) is 6.89. The molecule has 0 aliphatic heterocycles. The van der Waals surface area contributed by atoms with E-state index < -0.39 is 14.6 Å². The van der Waals surface area contributed by atoms with Gasteiger partial charge in [0.05, 0.1) is 9.88 Å².